The van der Waals surface area contributed by atoms with E-state index in [0.29, 0.717) is 0 Å². The number of methoxy groups -OCH3 is 1. The van der Waals surface area contributed by atoms with Gasteiger partial charge in [0, 0.05) is 17.5 Å². The number of aromatic amines is 1. The second-order valence-corrected chi connectivity index (χ2v) is 5.89. The van der Waals surface area contributed by atoms with E-state index in [1.165, 1.54) is 0 Å². The van der Waals surface area contributed by atoms with Gasteiger partial charge in [0.2, 0.25) is 0 Å². The fourth-order valence-electron chi connectivity index (χ4n) is 2.26. The molecule has 2 heterocycles. The molecule has 0 bridgehead atoms. The van der Waals surface area contributed by atoms with E-state index in [4.69, 9.17) is 4.74 Å². The van der Waals surface area contributed by atoms with E-state index in [2.05, 4.69) is 15.0 Å². The molecule has 0 amide bonds. The van der Waals surface area contributed by atoms with Gasteiger partial charge >= 0.3 is 0 Å². The van der Waals surface area contributed by atoms with Crippen molar-refractivity contribution in [2.24, 2.45) is 0 Å². The zero-order chi connectivity index (χ0) is 15.5. The third-order valence-electron chi connectivity index (χ3n) is 3.53. The maximum atomic E-state index is 9.18. The van der Waals surface area contributed by atoms with E-state index in [9.17, 15) is 5.11 Å². The SMILES string of the molecule is COc1ccnc(CSc2nc3ccc(CO)cc3[nH]2)c1C. The Labute approximate surface area is 132 Å². The molecular weight excluding hydrogens is 298 g/mol. The molecule has 6 heteroatoms. The van der Waals surface area contributed by atoms with Crippen LogP contribution in [-0.2, 0) is 12.4 Å². The van der Waals surface area contributed by atoms with Gasteiger partial charge < -0.3 is 14.8 Å². The summed E-state index contributed by atoms with van der Waals surface area (Å²) in [5.41, 5.74) is 4.74. The number of imidazole rings is 1. The summed E-state index contributed by atoms with van der Waals surface area (Å²) in [7, 11) is 1.66. The number of benzene rings is 1. The molecule has 0 aliphatic rings. The maximum absolute atomic E-state index is 9.18. The minimum absolute atomic E-state index is 0.0321. The predicted octanol–water partition coefficient (Wildman–Crippen LogP) is 3.06. The smallest absolute Gasteiger partial charge is 0.166 e. The van der Waals surface area contributed by atoms with Crippen molar-refractivity contribution in [2.45, 2.75) is 24.4 Å². The van der Waals surface area contributed by atoms with Crippen LogP contribution in [0.3, 0.4) is 0 Å². The van der Waals surface area contributed by atoms with Gasteiger partial charge in [-0.15, -0.1) is 0 Å². The summed E-state index contributed by atoms with van der Waals surface area (Å²) in [6, 6.07) is 7.57. The lowest BCUT2D eigenvalue weighted by Crippen LogP contribution is -1.95. The number of fused-ring (bicyclic) bond motifs is 1. The lowest BCUT2D eigenvalue weighted by Gasteiger charge is -2.08. The van der Waals surface area contributed by atoms with Crippen LogP contribution < -0.4 is 4.74 Å². The summed E-state index contributed by atoms with van der Waals surface area (Å²) in [4.78, 5) is 12.2. The van der Waals surface area contributed by atoms with Crippen LogP contribution in [-0.4, -0.2) is 27.2 Å². The number of nitrogens with one attached hydrogen (secondary N) is 1. The van der Waals surface area contributed by atoms with Crippen molar-refractivity contribution >= 4 is 22.8 Å². The molecule has 3 rings (SSSR count). The van der Waals surface area contributed by atoms with Gasteiger partial charge in [0.1, 0.15) is 5.75 Å². The van der Waals surface area contributed by atoms with Crippen molar-refractivity contribution in [2.75, 3.05) is 7.11 Å². The van der Waals surface area contributed by atoms with Crippen LogP contribution in [0.25, 0.3) is 11.0 Å². The van der Waals surface area contributed by atoms with Crippen LogP contribution in [0.1, 0.15) is 16.8 Å². The first-order chi connectivity index (χ1) is 10.7. The van der Waals surface area contributed by atoms with E-state index >= 15 is 0 Å². The van der Waals surface area contributed by atoms with Gasteiger partial charge in [-0.3, -0.25) is 4.98 Å². The summed E-state index contributed by atoms with van der Waals surface area (Å²) in [5, 5.41) is 10.0. The molecule has 22 heavy (non-hydrogen) atoms. The Morgan fingerprint density at radius 3 is 2.95 bits per heavy atom. The van der Waals surface area contributed by atoms with Crippen LogP contribution in [0.5, 0.6) is 5.75 Å². The summed E-state index contributed by atoms with van der Waals surface area (Å²) in [5.74, 6) is 1.57. The van der Waals surface area contributed by atoms with Gasteiger partial charge in [-0.25, -0.2) is 4.98 Å². The Morgan fingerprint density at radius 2 is 2.18 bits per heavy atom. The number of H-pyrrole nitrogens is 1. The molecule has 0 aliphatic carbocycles. The Hall–Kier alpha value is -2.05. The number of hydrogen-bond acceptors (Lipinski definition) is 5. The van der Waals surface area contributed by atoms with Crippen molar-refractivity contribution in [3.05, 3.63) is 47.3 Å². The lowest BCUT2D eigenvalue weighted by atomic mass is 10.2. The molecule has 0 spiro atoms. The van der Waals surface area contributed by atoms with E-state index in [0.717, 1.165) is 44.5 Å². The van der Waals surface area contributed by atoms with Crippen molar-refractivity contribution in [3.8, 4) is 5.75 Å². The number of rotatable bonds is 5. The fraction of sp³-hybridized carbons (Fsp3) is 0.250. The van der Waals surface area contributed by atoms with Crippen LogP contribution >= 0.6 is 11.8 Å². The highest BCUT2D eigenvalue weighted by molar-refractivity contribution is 7.98. The third-order valence-corrected chi connectivity index (χ3v) is 4.42. The second-order valence-electron chi connectivity index (χ2n) is 4.93. The lowest BCUT2D eigenvalue weighted by molar-refractivity contribution is 0.282. The average Bonchev–Trinajstić information content (AvgIpc) is 2.95. The number of nitrogens with zero attached hydrogens (tertiary/aromatic N) is 2. The summed E-state index contributed by atoms with van der Waals surface area (Å²) in [6.45, 7) is 2.04. The zero-order valence-corrected chi connectivity index (χ0v) is 13.3. The molecule has 3 aromatic rings. The molecule has 2 aromatic heterocycles. The van der Waals surface area contributed by atoms with Gasteiger partial charge in [0.15, 0.2) is 5.16 Å². The molecule has 0 fully saturated rings. The first-order valence-corrected chi connectivity index (χ1v) is 7.90. The minimum atomic E-state index is 0.0321. The monoisotopic (exact) mass is 315 g/mol. The van der Waals surface area contributed by atoms with E-state index in [-0.39, 0.29) is 6.61 Å². The van der Waals surface area contributed by atoms with Crippen LogP contribution in [0, 0.1) is 6.92 Å². The quantitative estimate of drug-likeness (QED) is 0.708. The highest BCUT2D eigenvalue weighted by Crippen LogP contribution is 2.27. The number of aliphatic hydroxyl groups is 1. The largest absolute Gasteiger partial charge is 0.496 e. The number of hydrogen-bond donors (Lipinski definition) is 2. The van der Waals surface area contributed by atoms with Gasteiger partial charge in [-0.1, -0.05) is 17.8 Å². The van der Waals surface area contributed by atoms with Crippen LogP contribution in [0.2, 0.25) is 0 Å². The highest BCUT2D eigenvalue weighted by atomic mass is 32.2. The molecule has 0 unspecified atom stereocenters. The number of aliphatic hydroxyl groups excluding tert-OH is 1. The van der Waals surface area contributed by atoms with E-state index in [1.54, 1.807) is 25.1 Å². The minimum Gasteiger partial charge on any atom is -0.496 e. The molecule has 0 aliphatic heterocycles. The summed E-state index contributed by atoms with van der Waals surface area (Å²) < 4.78 is 5.31. The number of ether oxygens (including phenoxy) is 1. The van der Waals surface area contributed by atoms with Gasteiger partial charge in [-0.05, 0) is 30.7 Å². The topological polar surface area (TPSA) is 71.0 Å². The first-order valence-electron chi connectivity index (χ1n) is 6.92. The van der Waals surface area contributed by atoms with Crippen LogP contribution in [0.4, 0.5) is 0 Å². The molecule has 5 nitrogen and oxygen atoms in total. The van der Waals surface area contributed by atoms with Gasteiger partial charge in [-0.2, -0.15) is 0 Å². The molecule has 0 radical (unpaired) electrons. The zero-order valence-electron chi connectivity index (χ0n) is 12.5. The standard InChI is InChI=1S/C16H17N3O2S/c1-10-14(17-6-5-15(10)21-2)9-22-16-18-12-4-3-11(8-20)7-13(12)19-16/h3-7,20H,8-9H2,1-2H3,(H,18,19). The van der Waals surface area contributed by atoms with Crippen molar-refractivity contribution < 1.29 is 9.84 Å². The van der Waals surface area contributed by atoms with E-state index < -0.39 is 0 Å². The maximum Gasteiger partial charge on any atom is 0.166 e. The normalized spacial score (nSPS) is 11.0. The van der Waals surface area contributed by atoms with Crippen molar-refractivity contribution in [1.29, 1.82) is 0 Å². The number of pyridine rings is 1. The van der Waals surface area contributed by atoms with Crippen molar-refractivity contribution in [3.63, 3.8) is 0 Å². The third kappa shape index (κ3) is 2.93. The summed E-state index contributed by atoms with van der Waals surface area (Å²) in [6.07, 6.45) is 1.76. The van der Waals surface area contributed by atoms with E-state index in [1.807, 2.05) is 31.2 Å². The average molecular weight is 315 g/mol. The van der Waals surface area contributed by atoms with Gasteiger partial charge in [0.25, 0.3) is 0 Å². The number of aromatic nitrogens is 3. The molecule has 0 saturated carbocycles. The first kappa shape index (κ1) is 14.9. The Morgan fingerprint density at radius 1 is 1.32 bits per heavy atom. The van der Waals surface area contributed by atoms with Crippen molar-refractivity contribution in [1.82, 2.24) is 15.0 Å². The highest BCUT2D eigenvalue weighted by Gasteiger charge is 2.09. The second kappa shape index (κ2) is 6.37. The fourth-order valence-corrected chi connectivity index (χ4v) is 3.17. The predicted molar refractivity (Wildman–Crippen MR) is 87.1 cm³/mol. The molecule has 0 saturated heterocycles. The Balaban J connectivity index is 1.79. The Bertz CT molecular complexity index is 801. The molecule has 114 valence electrons. The van der Waals surface area contributed by atoms with Crippen LogP contribution in [0.15, 0.2) is 35.6 Å². The number of thioether (sulfide) groups is 1. The molecule has 1 aromatic carbocycles. The molecule has 2 N–H and O–H groups in total. The Kier molecular flexibility index (Phi) is 4.31. The molecule has 0 atom stereocenters. The summed E-state index contributed by atoms with van der Waals surface area (Å²) >= 11 is 1.60. The van der Waals surface area contributed by atoms with Gasteiger partial charge in [0.05, 0.1) is 30.4 Å². The molecular formula is C16H17N3O2S.